The highest BCUT2D eigenvalue weighted by atomic mass is 19.1. The van der Waals surface area contributed by atoms with Crippen LogP contribution in [0.4, 0.5) is 4.39 Å². The van der Waals surface area contributed by atoms with Gasteiger partial charge in [-0.3, -0.25) is 4.79 Å². The number of benzene rings is 1. The van der Waals surface area contributed by atoms with Crippen molar-refractivity contribution in [1.29, 1.82) is 0 Å². The van der Waals surface area contributed by atoms with Gasteiger partial charge in [-0.1, -0.05) is 12.5 Å². The average molecular weight is 204 g/mol. The summed E-state index contributed by atoms with van der Waals surface area (Å²) in [5.74, 6) is 0.875. The van der Waals surface area contributed by atoms with E-state index in [9.17, 15) is 9.18 Å². The molecule has 2 aliphatic rings. The SMILES string of the molecule is O=C1C[C@H]2CCC[C@H]2c2ccc(F)cc21. The molecule has 1 aromatic rings. The summed E-state index contributed by atoms with van der Waals surface area (Å²) in [6, 6.07) is 4.70. The summed E-state index contributed by atoms with van der Waals surface area (Å²) in [6.07, 6.45) is 4.16. The van der Waals surface area contributed by atoms with Gasteiger partial charge < -0.3 is 0 Å². The molecule has 1 aromatic carbocycles. The number of fused-ring (bicyclic) bond motifs is 3. The van der Waals surface area contributed by atoms with E-state index in [1.165, 1.54) is 18.6 Å². The van der Waals surface area contributed by atoms with Crippen LogP contribution in [-0.4, -0.2) is 5.78 Å². The molecule has 2 heteroatoms. The second-order valence-corrected chi connectivity index (χ2v) is 4.66. The lowest BCUT2D eigenvalue weighted by Crippen LogP contribution is -2.21. The highest BCUT2D eigenvalue weighted by molar-refractivity contribution is 5.99. The topological polar surface area (TPSA) is 17.1 Å². The van der Waals surface area contributed by atoms with Crippen molar-refractivity contribution in [2.45, 2.75) is 31.6 Å². The zero-order valence-electron chi connectivity index (χ0n) is 8.50. The number of rotatable bonds is 0. The molecule has 0 saturated heterocycles. The first-order chi connectivity index (χ1) is 7.25. The van der Waals surface area contributed by atoms with Crippen molar-refractivity contribution in [2.75, 3.05) is 0 Å². The van der Waals surface area contributed by atoms with Gasteiger partial charge in [-0.25, -0.2) is 4.39 Å². The van der Waals surface area contributed by atoms with Crippen molar-refractivity contribution >= 4 is 5.78 Å². The van der Waals surface area contributed by atoms with E-state index in [1.54, 1.807) is 0 Å². The number of carbonyl (C=O) groups is 1. The summed E-state index contributed by atoms with van der Waals surface area (Å²) in [5.41, 5.74) is 1.73. The molecule has 0 aromatic heterocycles. The molecule has 1 saturated carbocycles. The number of hydrogen-bond acceptors (Lipinski definition) is 1. The molecular formula is C13H13FO. The van der Waals surface area contributed by atoms with E-state index in [2.05, 4.69) is 0 Å². The Morgan fingerprint density at radius 1 is 1.27 bits per heavy atom. The first kappa shape index (κ1) is 9.08. The lowest BCUT2D eigenvalue weighted by Gasteiger charge is -2.27. The quantitative estimate of drug-likeness (QED) is 0.633. The van der Waals surface area contributed by atoms with Gasteiger partial charge in [0.25, 0.3) is 0 Å². The predicted octanol–water partition coefficient (Wildman–Crippen LogP) is 3.30. The molecule has 0 bridgehead atoms. The molecule has 0 spiro atoms. The number of carbonyl (C=O) groups excluding carboxylic acids is 1. The van der Waals surface area contributed by atoms with Gasteiger partial charge in [-0.05, 0) is 42.4 Å². The number of ketones is 1. The maximum absolute atomic E-state index is 13.1. The molecule has 0 amide bonds. The van der Waals surface area contributed by atoms with Gasteiger partial charge in [0, 0.05) is 12.0 Å². The van der Waals surface area contributed by atoms with E-state index in [0.29, 0.717) is 23.8 Å². The Bertz CT molecular complexity index is 425. The molecule has 2 atom stereocenters. The zero-order chi connectivity index (χ0) is 10.4. The standard InChI is InChI=1S/C13H13FO/c14-9-4-5-11-10-3-1-2-8(10)6-13(15)12(11)7-9/h4-5,7-8,10H,1-3,6H2/t8-,10-/m1/s1. The van der Waals surface area contributed by atoms with Crippen LogP contribution in [0.25, 0.3) is 0 Å². The fourth-order valence-corrected chi connectivity index (χ4v) is 3.13. The highest BCUT2D eigenvalue weighted by Crippen LogP contribution is 2.46. The minimum Gasteiger partial charge on any atom is -0.294 e. The van der Waals surface area contributed by atoms with Gasteiger partial charge in [0.1, 0.15) is 5.82 Å². The van der Waals surface area contributed by atoms with Crippen LogP contribution in [0, 0.1) is 11.7 Å². The van der Waals surface area contributed by atoms with Crippen LogP contribution in [0.15, 0.2) is 18.2 Å². The monoisotopic (exact) mass is 204 g/mol. The molecule has 0 aliphatic heterocycles. The van der Waals surface area contributed by atoms with Gasteiger partial charge in [-0.15, -0.1) is 0 Å². The summed E-state index contributed by atoms with van der Waals surface area (Å²) in [5, 5.41) is 0. The Morgan fingerprint density at radius 2 is 2.13 bits per heavy atom. The third-order valence-corrected chi connectivity index (χ3v) is 3.82. The van der Waals surface area contributed by atoms with E-state index in [4.69, 9.17) is 0 Å². The first-order valence-corrected chi connectivity index (χ1v) is 5.58. The smallest absolute Gasteiger partial charge is 0.163 e. The van der Waals surface area contributed by atoms with E-state index < -0.39 is 0 Å². The summed E-state index contributed by atoms with van der Waals surface area (Å²) < 4.78 is 13.1. The molecule has 15 heavy (non-hydrogen) atoms. The Kier molecular flexibility index (Phi) is 1.91. The summed E-state index contributed by atoms with van der Waals surface area (Å²) in [7, 11) is 0. The molecule has 0 radical (unpaired) electrons. The fourth-order valence-electron chi connectivity index (χ4n) is 3.13. The van der Waals surface area contributed by atoms with Gasteiger partial charge >= 0.3 is 0 Å². The maximum atomic E-state index is 13.1. The van der Waals surface area contributed by atoms with Gasteiger partial charge in [-0.2, -0.15) is 0 Å². The third-order valence-electron chi connectivity index (χ3n) is 3.82. The van der Waals surface area contributed by atoms with E-state index >= 15 is 0 Å². The molecule has 0 N–H and O–H groups in total. The van der Waals surface area contributed by atoms with Gasteiger partial charge in [0.2, 0.25) is 0 Å². The van der Waals surface area contributed by atoms with Crippen LogP contribution in [0.3, 0.4) is 0 Å². The summed E-state index contributed by atoms with van der Waals surface area (Å²) >= 11 is 0. The van der Waals surface area contributed by atoms with Gasteiger partial charge in [0.15, 0.2) is 5.78 Å². The molecule has 0 heterocycles. The Labute approximate surface area is 88.3 Å². The Balaban J connectivity index is 2.14. The molecule has 78 valence electrons. The minimum absolute atomic E-state index is 0.132. The van der Waals surface area contributed by atoms with Crippen molar-refractivity contribution in [1.82, 2.24) is 0 Å². The molecule has 1 fully saturated rings. The van der Waals surface area contributed by atoms with Crippen molar-refractivity contribution in [2.24, 2.45) is 5.92 Å². The fraction of sp³-hybridized carbons (Fsp3) is 0.462. The molecule has 2 aliphatic carbocycles. The van der Waals surface area contributed by atoms with Crippen LogP contribution in [0.1, 0.15) is 47.5 Å². The first-order valence-electron chi connectivity index (χ1n) is 5.58. The largest absolute Gasteiger partial charge is 0.294 e. The lowest BCUT2D eigenvalue weighted by molar-refractivity contribution is 0.0943. The number of hydrogen-bond donors (Lipinski definition) is 0. The normalized spacial score (nSPS) is 28.7. The number of halogens is 1. The Morgan fingerprint density at radius 3 is 3.00 bits per heavy atom. The van der Waals surface area contributed by atoms with Crippen LogP contribution in [-0.2, 0) is 0 Å². The van der Waals surface area contributed by atoms with Crippen molar-refractivity contribution in [3.8, 4) is 0 Å². The van der Waals surface area contributed by atoms with Crippen molar-refractivity contribution < 1.29 is 9.18 Å². The van der Waals surface area contributed by atoms with E-state index in [0.717, 1.165) is 18.4 Å². The van der Waals surface area contributed by atoms with Crippen LogP contribution in [0.2, 0.25) is 0 Å². The van der Waals surface area contributed by atoms with Crippen molar-refractivity contribution in [3.63, 3.8) is 0 Å². The average Bonchev–Trinajstić information content (AvgIpc) is 2.66. The number of Topliss-reactive ketones (excluding diaryl/α,β-unsaturated/α-hetero) is 1. The second kappa shape index (κ2) is 3.16. The van der Waals surface area contributed by atoms with Crippen LogP contribution >= 0.6 is 0 Å². The Hall–Kier alpha value is -1.18. The third kappa shape index (κ3) is 1.31. The molecular weight excluding hydrogens is 191 g/mol. The zero-order valence-corrected chi connectivity index (χ0v) is 8.50. The maximum Gasteiger partial charge on any atom is 0.163 e. The van der Waals surface area contributed by atoms with Crippen LogP contribution < -0.4 is 0 Å². The van der Waals surface area contributed by atoms with E-state index in [1.807, 2.05) is 6.07 Å². The summed E-state index contributed by atoms with van der Waals surface area (Å²) in [4.78, 5) is 11.8. The lowest BCUT2D eigenvalue weighted by atomic mass is 9.76. The van der Waals surface area contributed by atoms with E-state index in [-0.39, 0.29) is 11.6 Å². The molecule has 3 rings (SSSR count). The highest BCUT2D eigenvalue weighted by Gasteiger charge is 2.36. The molecule has 1 nitrogen and oxygen atoms in total. The predicted molar refractivity (Wildman–Crippen MR) is 55.4 cm³/mol. The minimum atomic E-state index is -0.293. The van der Waals surface area contributed by atoms with Crippen LogP contribution in [0.5, 0.6) is 0 Å². The van der Waals surface area contributed by atoms with Crippen molar-refractivity contribution in [3.05, 3.63) is 35.1 Å². The molecule has 0 unspecified atom stereocenters. The summed E-state index contributed by atoms with van der Waals surface area (Å²) in [6.45, 7) is 0. The second-order valence-electron chi connectivity index (χ2n) is 4.66. The van der Waals surface area contributed by atoms with Gasteiger partial charge in [0.05, 0.1) is 0 Å².